The zero-order valence-corrected chi connectivity index (χ0v) is 14.1. The molecule has 0 spiro atoms. The van der Waals surface area contributed by atoms with Gasteiger partial charge < -0.3 is 9.67 Å². The van der Waals surface area contributed by atoms with Crippen LogP contribution < -0.4 is 0 Å². The molecule has 7 heteroatoms. The van der Waals surface area contributed by atoms with Crippen molar-refractivity contribution in [2.75, 3.05) is 0 Å². The van der Waals surface area contributed by atoms with E-state index in [1.54, 1.807) is 33.8 Å². The third-order valence-corrected chi connectivity index (χ3v) is 4.55. The van der Waals surface area contributed by atoms with Gasteiger partial charge in [-0.05, 0) is 42.5 Å². The van der Waals surface area contributed by atoms with Gasteiger partial charge in [-0.3, -0.25) is 4.57 Å². The molecule has 27 heavy (non-hydrogen) atoms. The number of aromatic nitrogens is 5. The minimum atomic E-state index is -0.308. The lowest BCUT2D eigenvalue weighted by Crippen LogP contribution is -2.04. The fourth-order valence-corrected chi connectivity index (χ4v) is 3.22. The Balaban J connectivity index is 1.82. The smallest absolute Gasteiger partial charge is 0.238 e. The summed E-state index contributed by atoms with van der Waals surface area (Å²) in [6, 6.07) is 15.7. The van der Waals surface area contributed by atoms with Crippen LogP contribution in [0.15, 0.2) is 67.1 Å². The molecule has 3 heterocycles. The SMILES string of the molecule is OCn1ccc2c(-c3ccc(F)cc3)nc(-n3cnc4ccccc43)nc21. The number of imidazole rings is 1. The molecule has 0 aliphatic carbocycles. The van der Waals surface area contributed by atoms with Gasteiger partial charge in [0.2, 0.25) is 5.95 Å². The highest BCUT2D eigenvalue weighted by Gasteiger charge is 2.15. The van der Waals surface area contributed by atoms with Crippen LogP contribution in [-0.2, 0) is 6.73 Å². The minimum Gasteiger partial charge on any atom is -0.376 e. The summed E-state index contributed by atoms with van der Waals surface area (Å²) in [4.78, 5) is 13.8. The monoisotopic (exact) mass is 359 g/mol. The Hall–Kier alpha value is -3.58. The molecule has 0 fully saturated rings. The Bertz CT molecular complexity index is 1270. The van der Waals surface area contributed by atoms with E-state index in [9.17, 15) is 9.50 Å². The molecule has 0 radical (unpaired) electrons. The van der Waals surface area contributed by atoms with Gasteiger partial charge in [-0.2, -0.15) is 4.98 Å². The number of rotatable bonds is 3. The van der Waals surface area contributed by atoms with E-state index in [4.69, 9.17) is 4.98 Å². The van der Waals surface area contributed by atoms with Crippen molar-refractivity contribution in [3.05, 3.63) is 72.9 Å². The van der Waals surface area contributed by atoms with Crippen LogP contribution in [0.4, 0.5) is 4.39 Å². The molecule has 132 valence electrons. The second kappa shape index (κ2) is 6.00. The number of aliphatic hydroxyl groups excluding tert-OH is 1. The van der Waals surface area contributed by atoms with E-state index in [0.717, 1.165) is 22.0 Å². The van der Waals surface area contributed by atoms with Gasteiger partial charge in [0.15, 0.2) is 0 Å². The van der Waals surface area contributed by atoms with Crippen molar-refractivity contribution >= 4 is 22.1 Å². The normalized spacial score (nSPS) is 11.5. The molecule has 3 aromatic heterocycles. The number of aliphatic hydroxyl groups is 1. The fourth-order valence-electron chi connectivity index (χ4n) is 3.22. The van der Waals surface area contributed by atoms with Crippen molar-refractivity contribution in [1.82, 2.24) is 24.1 Å². The summed E-state index contributed by atoms with van der Waals surface area (Å²) >= 11 is 0. The molecule has 6 nitrogen and oxygen atoms in total. The standard InChI is InChI=1S/C20H14FN5O/c21-14-7-5-13(6-8-14)18-15-9-10-25(12-27)19(15)24-20(23-18)26-11-22-16-3-1-2-4-17(16)26/h1-11,27H,12H2. The van der Waals surface area contributed by atoms with Gasteiger partial charge in [0.05, 0.1) is 16.7 Å². The first-order chi connectivity index (χ1) is 13.2. The van der Waals surface area contributed by atoms with Gasteiger partial charge in [-0.1, -0.05) is 12.1 Å². The Morgan fingerprint density at radius 3 is 2.59 bits per heavy atom. The molecule has 2 aromatic carbocycles. The summed E-state index contributed by atoms with van der Waals surface area (Å²) in [6.07, 6.45) is 3.43. The van der Waals surface area contributed by atoms with Gasteiger partial charge in [-0.25, -0.2) is 14.4 Å². The second-order valence-electron chi connectivity index (χ2n) is 6.15. The fraction of sp³-hybridized carbons (Fsp3) is 0.0500. The lowest BCUT2D eigenvalue weighted by Gasteiger charge is -2.09. The summed E-state index contributed by atoms with van der Waals surface area (Å²) in [5.74, 6) is 0.127. The highest BCUT2D eigenvalue weighted by Crippen LogP contribution is 2.28. The largest absolute Gasteiger partial charge is 0.376 e. The van der Waals surface area contributed by atoms with E-state index in [-0.39, 0.29) is 12.5 Å². The molecule has 0 unspecified atom stereocenters. The van der Waals surface area contributed by atoms with Crippen molar-refractivity contribution in [2.45, 2.75) is 6.73 Å². The van der Waals surface area contributed by atoms with Gasteiger partial charge in [0, 0.05) is 17.1 Å². The molecule has 5 rings (SSSR count). The molecular weight excluding hydrogens is 345 g/mol. The summed E-state index contributed by atoms with van der Waals surface area (Å²) in [7, 11) is 0. The first-order valence-electron chi connectivity index (χ1n) is 8.41. The van der Waals surface area contributed by atoms with Crippen LogP contribution in [-0.4, -0.2) is 29.2 Å². The van der Waals surface area contributed by atoms with Crippen LogP contribution in [0.3, 0.4) is 0 Å². The summed E-state index contributed by atoms with van der Waals surface area (Å²) < 4.78 is 16.8. The first-order valence-corrected chi connectivity index (χ1v) is 8.41. The molecule has 0 amide bonds. The van der Waals surface area contributed by atoms with E-state index < -0.39 is 0 Å². The maximum absolute atomic E-state index is 13.4. The molecule has 0 aliphatic heterocycles. The maximum atomic E-state index is 13.4. The van der Waals surface area contributed by atoms with Crippen LogP contribution in [0.1, 0.15) is 0 Å². The zero-order valence-electron chi connectivity index (χ0n) is 14.1. The Morgan fingerprint density at radius 2 is 1.78 bits per heavy atom. The van der Waals surface area contributed by atoms with Crippen LogP contribution in [0.5, 0.6) is 0 Å². The van der Waals surface area contributed by atoms with Gasteiger partial charge in [-0.15, -0.1) is 0 Å². The third-order valence-electron chi connectivity index (χ3n) is 4.55. The molecule has 0 saturated carbocycles. The summed E-state index contributed by atoms with van der Waals surface area (Å²) in [6.45, 7) is -0.201. The molecule has 5 aromatic rings. The van der Waals surface area contributed by atoms with Crippen LogP contribution in [0.2, 0.25) is 0 Å². The minimum absolute atomic E-state index is 0.201. The van der Waals surface area contributed by atoms with E-state index >= 15 is 0 Å². The van der Waals surface area contributed by atoms with Crippen LogP contribution >= 0.6 is 0 Å². The molecule has 1 N–H and O–H groups in total. The van der Waals surface area contributed by atoms with Crippen LogP contribution in [0, 0.1) is 5.82 Å². The van der Waals surface area contributed by atoms with Gasteiger partial charge >= 0.3 is 0 Å². The average molecular weight is 359 g/mol. The van der Waals surface area contributed by atoms with Gasteiger partial charge in [0.25, 0.3) is 0 Å². The van der Waals surface area contributed by atoms with Crippen molar-refractivity contribution < 1.29 is 9.50 Å². The van der Waals surface area contributed by atoms with Crippen molar-refractivity contribution in [3.63, 3.8) is 0 Å². The quantitative estimate of drug-likeness (QED) is 0.535. The van der Waals surface area contributed by atoms with Gasteiger partial charge in [0.1, 0.15) is 24.5 Å². The lowest BCUT2D eigenvalue weighted by atomic mass is 10.1. The highest BCUT2D eigenvalue weighted by molar-refractivity contribution is 5.92. The predicted octanol–water partition coefficient (Wildman–Crippen LogP) is 3.53. The average Bonchev–Trinajstić information content (AvgIpc) is 3.32. The third kappa shape index (κ3) is 2.48. The Labute approximate surface area is 153 Å². The first kappa shape index (κ1) is 15.7. The van der Waals surface area contributed by atoms with E-state index in [2.05, 4.69) is 9.97 Å². The molecular formula is C20H14FN5O. The molecule has 0 aliphatic rings. The lowest BCUT2D eigenvalue weighted by molar-refractivity contribution is 0.215. The topological polar surface area (TPSA) is 68.8 Å². The number of halogens is 1. The van der Waals surface area contributed by atoms with E-state index in [0.29, 0.717) is 17.3 Å². The zero-order chi connectivity index (χ0) is 18.4. The Kier molecular flexibility index (Phi) is 3.48. The highest BCUT2D eigenvalue weighted by atomic mass is 19.1. The van der Waals surface area contributed by atoms with Crippen molar-refractivity contribution in [1.29, 1.82) is 0 Å². The summed E-state index contributed by atoms with van der Waals surface area (Å²) in [5.41, 5.74) is 3.75. The molecule has 0 bridgehead atoms. The van der Waals surface area contributed by atoms with Crippen molar-refractivity contribution in [2.24, 2.45) is 0 Å². The number of fused-ring (bicyclic) bond motifs is 2. The number of hydrogen-bond acceptors (Lipinski definition) is 4. The van der Waals surface area contributed by atoms with Crippen LogP contribution in [0.25, 0.3) is 39.3 Å². The van der Waals surface area contributed by atoms with Crippen molar-refractivity contribution in [3.8, 4) is 17.2 Å². The molecule has 0 atom stereocenters. The molecule has 0 saturated heterocycles. The van der Waals surface area contributed by atoms with E-state index in [1.165, 1.54) is 12.1 Å². The second-order valence-corrected chi connectivity index (χ2v) is 6.15. The number of benzene rings is 2. The van der Waals surface area contributed by atoms with E-state index in [1.807, 2.05) is 30.3 Å². The maximum Gasteiger partial charge on any atom is 0.238 e. The number of para-hydroxylation sites is 2. The predicted molar refractivity (Wildman–Crippen MR) is 99.8 cm³/mol. The summed E-state index contributed by atoms with van der Waals surface area (Å²) in [5, 5.41) is 10.4. The number of hydrogen-bond donors (Lipinski definition) is 1. The number of nitrogens with zero attached hydrogens (tertiary/aromatic N) is 5. The Morgan fingerprint density at radius 1 is 0.963 bits per heavy atom.